The van der Waals surface area contributed by atoms with E-state index in [2.05, 4.69) is 15.4 Å². The number of hydrogen-bond acceptors (Lipinski definition) is 7. The summed E-state index contributed by atoms with van der Waals surface area (Å²) in [4.78, 5) is 17.6. The maximum absolute atomic E-state index is 13.6. The van der Waals surface area contributed by atoms with Gasteiger partial charge in [0, 0.05) is 36.7 Å². The van der Waals surface area contributed by atoms with Crippen molar-refractivity contribution in [1.82, 2.24) is 19.1 Å². The molecule has 0 fully saturated rings. The third-order valence-corrected chi connectivity index (χ3v) is 7.46. The molecule has 4 heterocycles. The molecule has 3 aromatic rings. The number of nitrogen functional groups attached to an aromatic ring is 1. The van der Waals surface area contributed by atoms with Gasteiger partial charge in [-0.3, -0.25) is 9.78 Å². The van der Waals surface area contributed by atoms with Crippen molar-refractivity contribution in [3.8, 4) is 11.1 Å². The molecule has 32 heavy (non-hydrogen) atoms. The van der Waals surface area contributed by atoms with Gasteiger partial charge >= 0.3 is 0 Å². The molecule has 2 aliphatic rings. The van der Waals surface area contributed by atoms with Gasteiger partial charge in [-0.15, -0.1) is 0 Å². The number of nitrogens with one attached hydrogen (secondary N) is 1. The smallest absolute Gasteiger partial charge is 0.256 e. The summed E-state index contributed by atoms with van der Waals surface area (Å²) in [5, 5.41) is 7.81. The van der Waals surface area contributed by atoms with Crippen molar-refractivity contribution >= 4 is 27.4 Å². The van der Waals surface area contributed by atoms with Crippen LogP contribution >= 0.6 is 0 Å². The summed E-state index contributed by atoms with van der Waals surface area (Å²) in [6, 6.07) is 9.91. The van der Waals surface area contributed by atoms with Gasteiger partial charge in [0.05, 0.1) is 24.4 Å². The van der Waals surface area contributed by atoms with E-state index in [4.69, 9.17) is 5.73 Å². The van der Waals surface area contributed by atoms with E-state index in [9.17, 15) is 13.2 Å². The van der Waals surface area contributed by atoms with Crippen molar-refractivity contribution in [1.29, 1.82) is 0 Å². The lowest BCUT2D eigenvalue weighted by molar-refractivity contribution is 0.0859. The molecule has 0 amide bonds. The molecule has 0 aliphatic carbocycles. The number of carbonyl (C=O) groups excluding carboxylic acids is 1. The monoisotopic (exact) mass is 452 g/mol. The number of nitrogens with zero attached hydrogens (tertiary/aromatic N) is 4. The zero-order valence-corrected chi connectivity index (χ0v) is 18.5. The van der Waals surface area contributed by atoms with Crippen molar-refractivity contribution in [2.24, 2.45) is 0 Å². The second-order valence-corrected chi connectivity index (χ2v) is 10.2. The summed E-state index contributed by atoms with van der Waals surface area (Å²) in [6.07, 6.45) is 5.71. The summed E-state index contributed by atoms with van der Waals surface area (Å²) in [5.74, 6) is -0.288. The summed E-state index contributed by atoms with van der Waals surface area (Å²) in [6.45, 7) is 1.13. The highest BCUT2D eigenvalue weighted by atomic mass is 32.2. The van der Waals surface area contributed by atoms with E-state index >= 15 is 0 Å². The number of sulfonamides is 1. The minimum Gasteiger partial charge on any atom is -0.385 e. The molecule has 1 unspecified atom stereocenters. The number of carbonyl (C=O) groups is 1. The molecule has 9 nitrogen and oxygen atoms in total. The molecule has 1 aromatic carbocycles. The summed E-state index contributed by atoms with van der Waals surface area (Å²) >= 11 is 0. The van der Waals surface area contributed by atoms with Crippen LogP contribution in [0.25, 0.3) is 11.1 Å². The number of pyridine rings is 1. The molecule has 0 saturated carbocycles. The van der Waals surface area contributed by atoms with Crippen LogP contribution in [-0.2, 0) is 23.0 Å². The van der Waals surface area contributed by atoms with Crippen LogP contribution in [-0.4, -0.2) is 52.7 Å². The van der Waals surface area contributed by atoms with Crippen molar-refractivity contribution in [3.63, 3.8) is 0 Å². The third kappa shape index (κ3) is 3.55. The van der Waals surface area contributed by atoms with Crippen LogP contribution in [0.15, 0.2) is 42.7 Å². The molecule has 10 heteroatoms. The fraction of sp³-hybridized carbons (Fsp3) is 0.318. The highest BCUT2D eigenvalue weighted by molar-refractivity contribution is 7.88. The number of hydrogen-bond donors (Lipinski definition) is 2. The second kappa shape index (κ2) is 7.72. The SMILES string of the molecule is CS(=O)(=O)N1CCc2c(nn(C(=O)C3CCNc4ccc(-c5ccncc5)cc43)c2N)C1. The van der Waals surface area contributed by atoms with E-state index in [-0.39, 0.29) is 12.5 Å². The largest absolute Gasteiger partial charge is 0.385 e. The average Bonchev–Trinajstić information content (AvgIpc) is 3.14. The second-order valence-electron chi connectivity index (χ2n) is 8.21. The topological polar surface area (TPSA) is 123 Å². The average molecular weight is 453 g/mol. The number of rotatable bonds is 3. The van der Waals surface area contributed by atoms with E-state index in [0.29, 0.717) is 37.4 Å². The van der Waals surface area contributed by atoms with Gasteiger partial charge in [-0.2, -0.15) is 14.1 Å². The van der Waals surface area contributed by atoms with Gasteiger partial charge in [0.15, 0.2) is 0 Å². The van der Waals surface area contributed by atoms with Gasteiger partial charge in [0.2, 0.25) is 10.0 Å². The van der Waals surface area contributed by atoms with Crippen LogP contribution in [0.4, 0.5) is 11.5 Å². The fourth-order valence-corrected chi connectivity index (χ4v) is 5.27. The van der Waals surface area contributed by atoms with Crippen molar-refractivity contribution in [2.45, 2.75) is 25.3 Å². The number of fused-ring (bicyclic) bond motifs is 2. The highest BCUT2D eigenvalue weighted by Gasteiger charge is 2.33. The van der Waals surface area contributed by atoms with Crippen LogP contribution in [0.2, 0.25) is 0 Å². The van der Waals surface area contributed by atoms with Gasteiger partial charge in [0.1, 0.15) is 5.82 Å². The zero-order chi connectivity index (χ0) is 22.5. The molecule has 5 rings (SSSR count). The molecular weight excluding hydrogens is 428 g/mol. The Morgan fingerprint density at radius 3 is 2.72 bits per heavy atom. The molecule has 1 atom stereocenters. The van der Waals surface area contributed by atoms with Crippen molar-refractivity contribution in [2.75, 3.05) is 30.4 Å². The fourth-order valence-electron chi connectivity index (χ4n) is 4.49. The first kappa shape index (κ1) is 20.7. The Hall–Kier alpha value is -3.24. The molecule has 2 aromatic heterocycles. The summed E-state index contributed by atoms with van der Waals surface area (Å²) < 4.78 is 26.5. The summed E-state index contributed by atoms with van der Waals surface area (Å²) in [5.41, 5.74) is 11.5. The first-order chi connectivity index (χ1) is 15.3. The maximum Gasteiger partial charge on any atom is 0.256 e. The van der Waals surface area contributed by atoms with E-state index in [1.807, 2.05) is 30.3 Å². The molecule has 166 valence electrons. The van der Waals surface area contributed by atoms with Gasteiger partial charge < -0.3 is 11.1 Å². The molecule has 0 spiro atoms. The zero-order valence-electron chi connectivity index (χ0n) is 17.7. The lowest BCUT2D eigenvalue weighted by Crippen LogP contribution is -2.35. The van der Waals surface area contributed by atoms with Crippen molar-refractivity contribution < 1.29 is 13.2 Å². The predicted molar refractivity (Wildman–Crippen MR) is 122 cm³/mol. The van der Waals surface area contributed by atoms with E-state index in [0.717, 1.165) is 27.9 Å². The molecular formula is C22H24N6O3S. The number of benzene rings is 1. The lowest BCUT2D eigenvalue weighted by atomic mass is 9.88. The van der Waals surface area contributed by atoms with Crippen LogP contribution < -0.4 is 11.1 Å². The number of aromatic nitrogens is 3. The lowest BCUT2D eigenvalue weighted by Gasteiger charge is -2.26. The van der Waals surface area contributed by atoms with E-state index < -0.39 is 15.9 Å². The predicted octanol–water partition coefficient (Wildman–Crippen LogP) is 2.08. The van der Waals surface area contributed by atoms with Gasteiger partial charge in [-0.05, 0) is 53.8 Å². The molecule has 3 N–H and O–H groups in total. The highest BCUT2D eigenvalue weighted by Crippen LogP contribution is 2.37. The van der Waals surface area contributed by atoms with Crippen LogP contribution in [0.3, 0.4) is 0 Å². The minimum absolute atomic E-state index is 0.133. The van der Waals surface area contributed by atoms with Gasteiger partial charge in [0.25, 0.3) is 5.91 Å². The summed E-state index contributed by atoms with van der Waals surface area (Å²) in [7, 11) is -3.34. The minimum atomic E-state index is -3.34. The van der Waals surface area contributed by atoms with Crippen LogP contribution in [0.5, 0.6) is 0 Å². The number of anilines is 2. The number of nitrogens with two attached hydrogens (primary N) is 1. The normalized spacial score (nSPS) is 18.5. The molecule has 2 aliphatic heterocycles. The Labute approximate surface area is 186 Å². The Morgan fingerprint density at radius 2 is 1.97 bits per heavy atom. The van der Waals surface area contributed by atoms with Crippen LogP contribution in [0, 0.1) is 0 Å². The third-order valence-electron chi connectivity index (χ3n) is 6.21. The Bertz CT molecular complexity index is 1300. The van der Waals surface area contributed by atoms with Gasteiger partial charge in [-0.1, -0.05) is 6.07 Å². The quantitative estimate of drug-likeness (QED) is 0.624. The van der Waals surface area contributed by atoms with Crippen molar-refractivity contribution in [3.05, 3.63) is 59.5 Å². The molecule has 0 saturated heterocycles. The van der Waals surface area contributed by atoms with Crippen LogP contribution in [0.1, 0.15) is 34.0 Å². The maximum atomic E-state index is 13.6. The first-order valence-corrected chi connectivity index (χ1v) is 12.3. The Kier molecular flexibility index (Phi) is 4.98. The Morgan fingerprint density at radius 1 is 1.19 bits per heavy atom. The molecule has 0 bridgehead atoms. The molecule has 0 radical (unpaired) electrons. The van der Waals surface area contributed by atoms with E-state index in [1.54, 1.807) is 12.4 Å². The first-order valence-electron chi connectivity index (χ1n) is 10.5. The van der Waals surface area contributed by atoms with Gasteiger partial charge in [-0.25, -0.2) is 8.42 Å². The van der Waals surface area contributed by atoms with E-state index in [1.165, 1.54) is 15.2 Å². The standard InChI is InChI=1S/C22H24N6O3S/c1-32(30,31)27-11-7-17-20(13-27)26-28(21(17)23)22(29)16-6-10-25-19-3-2-15(12-18(16)19)14-4-8-24-9-5-14/h2-5,8-9,12,16,25H,6-7,10-11,13,23H2,1H3. The Balaban J connectivity index is 1.50.